The van der Waals surface area contributed by atoms with Crippen molar-refractivity contribution in [2.45, 2.75) is 24.9 Å². The molecule has 1 nitrogen and oxygen atoms in total. The molecule has 0 saturated heterocycles. The van der Waals surface area contributed by atoms with E-state index in [4.69, 9.17) is 17.3 Å². The third kappa shape index (κ3) is 1.06. The van der Waals surface area contributed by atoms with Crippen LogP contribution in [-0.2, 0) is 0 Å². The Morgan fingerprint density at radius 2 is 2.22 bits per heavy atom. The van der Waals surface area contributed by atoms with Gasteiger partial charge in [-0.25, -0.2) is 4.39 Å². The lowest BCUT2D eigenvalue weighted by Gasteiger charge is -2.06. The third-order valence-electron chi connectivity index (χ3n) is 2.07. The topological polar surface area (TPSA) is 26.0 Å². The average molecular weight is 152 g/mol. The number of alkyl halides is 2. The van der Waals surface area contributed by atoms with Gasteiger partial charge in [0.15, 0.2) is 5.13 Å². The highest BCUT2D eigenvalue weighted by Crippen LogP contribution is 2.63. The van der Waals surface area contributed by atoms with Crippen molar-refractivity contribution in [1.29, 1.82) is 0 Å². The normalized spacial score (nSPS) is 49.3. The zero-order valence-corrected chi connectivity index (χ0v) is 6.21. The fourth-order valence-corrected chi connectivity index (χ4v) is 1.43. The zero-order valence-electron chi connectivity index (χ0n) is 5.45. The Labute approximate surface area is 59.4 Å². The van der Waals surface area contributed by atoms with Crippen LogP contribution in [0.3, 0.4) is 0 Å². The zero-order chi connectivity index (χ0) is 7.12. The van der Waals surface area contributed by atoms with Gasteiger partial charge in [0.2, 0.25) is 0 Å². The molecule has 0 spiro atoms. The highest BCUT2D eigenvalue weighted by molar-refractivity contribution is 6.25. The summed E-state index contributed by atoms with van der Waals surface area (Å²) in [5.41, 5.74) is 4.92. The molecule has 1 rings (SSSR count). The van der Waals surface area contributed by atoms with Crippen LogP contribution in [0, 0.1) is 5.41 Å². The molecule has 0 amide bonds. The summed E-state index contributed by atoms with van der Waals surface area (Å²) in [6.07, 6.45) is 1.14. The fraction of sp³-hybridized carbons (Fsp3) is 1.00. The molecule has 2 N–H and O–H groups in total. The second-order valence-corrected chi connectivity index (χ2v) is 3.58. The lowest BCUT2D eigenvalue weighted by molar-refractivity contribution is 0.323. The number of hydrogen-bond acceptors (Lipinski definition) is 1. The van der Waals surface area contributed by atoms with Gasteiger partial charge in [0, 0.05) is 11.8 Å². The van der Waals surface area contributed by atoms with Gasteiger partial charge in [-0.3, -0.25) is 0 Å². The van der Waals surface area contributed by atoms with Crippen LogP contribution in [0.15, 0.2) is 0 Å². The summed E-state index contributed by atoms with van der Waals surface area (Å²) < 4.78 is 12.7. The second-order valence-electron chi connectivity index (χ2n) is 2.98. The van der Waals surface area contributed by atoms with E-state index in [1.54, 1.807) is 0 Å². The van der Waals surface area contributed by atoms with Gasteiger partial charge in [-0.15, -0.1) is 0 Å². The van der Waals surface area contributed by atoms with Gasteiger partial charge in [-0.2, -0.15) is 0 Å². The number of rotatable bonds is 2. The lowest BCUT2D eigenvalue weighted by Crippen LogP contribution is -2.11. The maximum absolute atomic E-state index is 12.7. The molecule has 2 atom stereocenters. The molecular formula is C6H11ClFN. The Balaban J connectivity index is 2.42. The molecule has 54 valence electrons. The monoisotopic (exact) mass is 151 g/mol. The molecule has 3 heteroatoms. The lowest BCUT2D eigenvalue weighted by atomic mass is 10.1. The first-order valence-electron chi connectivity index (χ1n) is 3.10. The molecule has 1 saturated carbocycles. The second kappa shape index (κ2) is 1.83. The van der Waals surface area contributed by atoms with E-state index in [9.17, 15) is 4.39 Å². The minimum absolute atomic E-state index is 0.330. The standard InChI is InChI=1S/C6H11ClFN/c1-5(2-3-9)4-6(5,7)8/h2-4,9H2,1H3/t5-,6+/m0/s1. The Hall–Kier alpha value is 0.180. The summed E-state index contributed by atoms with van der Waals surface area (Å²) in [7, 11) is 0. The van der Waals surface area contributed by atoms with Crippen LogP contribution in [0.1, 0.15) is 19.8 Å². The summed E-state index contributed by atoms with van der Waals surface area (Å²) >= 11 is 5.40. The number of nitrogens with two attached hydrogens (primary N) is 1. The molecule has 0 unspecified atom stereocenters. The van der Waals surface area contributed by atoms with Gasteiger partial charge in [0.05, 0.1) is 0 Å². The predicted octanol–water partition coefficient (Wildman–Crippen LogP) is 1.65. The molecule has 0 aromatic rings. The highest BCUT2D eigenvalue weighted by Gasteiger charge is 2.64. The van der Waals surface area contributed by atoms with E-state index < -0.39 is 5.13 Å². The van der Waals surface area contributed by atoms with Crippen LogP contribution in [0.4, 0.5) is 4.39 Å². The molecule has 0 aromatic carbocycles. The predicted molar refractivity (Wildman–Crippen MR) is 36.1 cm³/mol. The van der Waals surface area contributed by atoms with Crippen LogP contribution in [-0.4, -0.2) is 11.7 Å². The van der Waals surface area contributed by atoms with Crippen molar-refractivity contribution in [2.75, 3.05) is 6.54 Å². The van der Waals surface area contributed by atoms with Gasteiger partial charge in [-0.1, -0.05) is 18.5 Å². The highest BCUT2D eigenvalue weighted by atomic mass is 35.5. The molecule has 1 aliphatic rings. The summed E-state index contributed by atoms with van der Waals surface area (Å²) in [5, 5.41) is -1.45. The van der Waals surface area contributed by atoms with E-state index in [1.807, 2.05) is 6.92 Å². The van der Waals surface area contributed by atoms with Crippen LogP contribution < -0.4 is 5.73 Å². The SMILES string of the molecule is C[C@]1(CCN)C[C@]1(F)Cl. The first-order valence-corrected chi connectivity index (χ1v) is 3.47. The summed E-state index contributed by atoms with van der Waals surface area (Å²) in [5.74, 6) is 0. The molecule has 0 bridgehead atoms. The van der Waals surface area contributed by atoms with Crippen LogP contribution >= 0.6 is 11.6 Å². The Morgan fingerprint density at radius 1 is 1.78 bits per heavy atom. The number of halogens is 2. The molecule has 0 aliphatic heterocycles. The maximum Gasteiger partial charge on any atom is 0.189 e. The Bertz CT molecular complexity index is 126. The van der Waals surface area contributed by atoms with E-state index in [1.165, 1.54) is 0 Å². The van der Waals surface area contributed by atoms with Crippen molar-refractivity contribution < 1.29 is 4.39 Å². The summed E-state index contributed by atoms with van der Waals surface area (Å²) in [6.45, 7) is 2.35. The molecule has 0 aromatic heterocycles. The molecule has 1 fully saturated rings. The van der Waals surface area contributed by atoms with E-state index in [2.05, 4.69) is 0 Å². The average Bonchev–Trinajstić information content (AvgIpc) is 2.07. The Morgan fingerprint density at radius 3 is 2.33 bits per heavy atom. The maximum atomic E-state index is 12.7. The molecular weight excluding hydrogens is 141 g/mol. The van der Waals surface area contributed by atoms with Crippen molar-refractivity contribution in [2.24, 2.45) is 11.1 Å². The van der Waals surface area contributed by atoms with Crippen molar-refractivity contribution >= 4 is 11.6 Å². The number of hydrogen-bond donors (Lipinski definition) is 1. The summed E-state index contributed by atoms with van der Waals surface area (Å²) in [6, 6.07) is 0. The molecule has 1 aliphatic carbocycles. The molecule has 9 heavy (non-hydrogen) atoms. The van der Waals surface area contributed by atoms with Crippen molar-refractivity contribution in [3.05, 3.63) is 0 Å². The fourth-order valence-electron chi connectivity index (χ4n) is 1.04. The molecule has 0 heterocycles. The van der Waals surface area contributed by atoms with Gasteiger partial charge < -0.3 is 5.73 Å². The largest absolute Gasteiger partial charge is 0.330 e. The van der Waals surface area contributed by atoms with E-state index in [-0.39, 0.29) is 5.41 Å². The van der Waals surface area contributed by atoms with Crippen LogP contribution in [0.25, 0.3) is 0 Å². The quantitative estimate of drug-likeness (QED) is 0.597. The third-order valence-corrected chi connectivity index (χ3v) is 2.66. The smallest absolute Gasteiger partial charge is 0.189 e. The van der Waals surface area contributed by atoms with Gasteiger partial charge >= 0.3 is 0 Å². The van der Waals surface area contributed by atoms with Crippen molar-refractivity contribution in [3.63, 3.8) is 0 Å². The summed E-state index contributed by atoms with van der Waals surface area (Å²) in [4.78, 5) is 0. The Kier molecular flexibility index (Phi) is 1.48. The minimum atomic E-state index is -1.45. The van der Waals surface area contributed by atoms with Crippen LogP contribution in [0.5, 0.6) is 0 Å². The van der Waals surface area contributed by atoms with Crippen molar-refractivity contribution in [3.8, 4) is 0 Å². The van der Waals surface area contributed by atoms with Gasteiger partial charge in [0.1, 0.15) is 0 Å². The van der Waals surface area contributed by atoms with E-state index in [0.29, 0.717) is 19.4 Å². The minimum Gasteiger partial charge on any atom is -0.330 e. The molecule has 0 radical (unpaired) electrons. The van der Waals surface area contributed by atoms with Gasteiger partial charge in [-0.05, 0) is 13.0 Å². The van der Waals surface area contributed by atoms with E-state index in [0.717, 1.165) is 0 Å². The van der Waals surface area contributed by atoms with E-state index >= 15 is 0 Å². The first kappa shape index (κ1) is 7.29. The first-order chi connectivity index (χ1) is 4.02. The van der Waals surface area contributed by atoms with Crippen LogP contribution in [0.2, 0.25) is 0 Å². The van der Waals surface area contributed by atoms with Gasteiger partial charge in [0.25, 0.3) is 0 Å². The van der Waals surface area contributed by atoms with Crippen molar-refractivity contribution in [1.82, 2.24) is 0 Å².